The number of benzene rings is 1. The van der Waals surface area contributed by atoms with Gasteiger partial charge >= 0.3 is 0 Å². The van der Waals surface area contributed by atoms with Crippen LogP contribution in [0.5, 0.6) is 0 Å². The van der Waals surface area contributed by atoms with Crippen molar-refractivity contribution in [2.24, 2.45) is 0 Å². The van der Waals surface area contributed by atoms with Gasteiger partial charge in [0, 0.05) is 40.8 Å². The number of pyridine rings is 1. The Bertz CT molecular complexity index is 927. The lowest BCUT2D eigenvalue weighted by Crippen LogP contribution is -2.16. The van der Waals surface area contributed by atoms with E-state index in [0.717, 1.165) is 45.3 Å². The monoisotopic (exact) mass is 381 g/mol. The fourth-order valence-corrected chi connectivity index (χ4v) is 2.87. The van der Waals surface area contributed by atoms with Gasteiger partial charge in [-0.2, -0.15) is 4.98 Å². The first kappa shape index (κ1) is 19.1. The third-order valence-electron chi connectivity index (χ3n) is 4.55. The molecule has 1 atom stereocenters. The van der Waals surface area contributed by atoms with E-state index >= 15 is 0 Å². The molecule has 3 aromatic rings. The summed E-state index contributed by atoms with van der Waals surface area (Å²) < 4.78 is 0. The van der Waals surface area contributed by atoms with Crippen LogP contribution in [0.2, 0.25) is 5.02 Å². The molecule has 0 radical (unpaired) electrons. The maximum Gasteiger partial charge on any atom is 0.225 e. The second-order valence-electron chi connectivity index (χ2n) is 6.64. The lowest BCUT2D eigenvalue weighted by Gasteiger charge is -2.17. The minimum Gasteiger partial charge on any atom is -0.352 e. The average molecular weight is 382 g/mol. The van der Waals surface area contributed by atoms with E-state index in [1.54, 1.807) is 12.4 Å². The molecule has 2 N–H and O–H groups in total. The second-order valence-corrected chi connectivity index (χ2v) is 7.05. The zero-order valence-corrected chi connectivity index (χ0v) is 16.8. The van der Waals surface area contributed by atoms with E-state index in [9.17, 15) is 0 Å². The van der Waals surface area contributed by atoms with E-state index in [2.05, 4.69) is 46.4 Å². The summed E-state index contributed by atoms with van der Waals surface area (Å²) in [5.41, 5.74) is 4.89. The molecule has 0 aliphatic carbocycles. The SMILES string of the molecule is CC[C@H](C)Nc1nc(Nc2c(C)ccc(Cl)c2C)cc(-c2ccncc2)n1. The summed E-state index contributed by atoms with van der Waals surface area (Å²) in [6.45, 7) is 8.29. The van der Waals surface area contributed by atoms with Crippen LogP contribution in [0.15, 0.2) is 42.7 Å². The number of hydrogen-bond donors (Lipinski definition) is 2. The molecule has 0 bridgehead atoms. The van der Waals surface area contributed by atoms with Crippen molar-refractivity contribution in [2.75, 3.05) is 10.6 Å². The number of hydrogen-bond acceptors (Lipinski definition) is 5. The smallest absolute Gasteiger partial charge is 0.225 e. The summed E-state index contributed by atoms with van der Waals surface area (Å²) in [6.07, 6.45) is 4.51. The average Bonchev–Trinajstić information content (AvgIpc) is 2.68. The highest BCUT2D eigenvalue weighted by Gasteiger charge is 2.12. The fraction of sp³-hybridized carbons (Fsp3) is 0.286. The van der Waals surface area contributed by atoms with E-state index in [1.807, 2.05) is 37.3 Å². The van der Waals surface area contributed by atoms with Crippen LogP contribution in [-0.4, -0.2) is 21.0 Å². The minimum atomic E-state index is 0.278. The van der Waals surface area contributed by atoms with Gasteiger partial charge in [-0.25, -0.2) is 4.98 Å². The normalized spacial score (nSPS) is 11.9. The minimum absolute atomic E-state index is 0.278. The van der Waals surface area contributed by atoms with E-state index in [4.69, 9.17) is 11.6 Å². The Morgan fingerprint density at radius 3 is 2.52 bits per heavy atom. The zero-order chi connectivity index (χ0) is 19.4. The number of aryl methyl sites for hydroxylation is 1. The molecular weight excluding hydrogens is 358 g/mol. The molecule has 0 aliphatic heterocycles. The number of halogens is 1. The molecule has 0 saturated heterocycles. The van der Waals surface area contributed by atoms with Gasteiger partial charge in [0.15, 0.2) is 0 Å². The predicted molar refractivity (Wildman–Crippen MR) is 113 cm³/mol. The number of aromatic nitrogens is 3. The highest BCUT2D eigenvalue weighted by molar-refractivity contribution is 6.31. The van der Waals surface area contributed by atoms with Crippen LogP contribution >= 0.6 is 11.6 Å². The standard InChI is InChI=1S/C21H24ClN5/c1-5-14(3)24-21-25-18(16-8-10-23-11-9-16)12-19(27-21)26-20-13(2)6-7-17(22)15(20)4/h6-12,14H,5H2,1-4H3,(H2,24,25,26,27)/t14-/m0/s1. The summed E-state index contributed by atoms with van der Waals surface area (Å²) in [5, 5.41) is 7.52. The molecule has 140 valence electrons. The Labute approximate surface area is 165 Å². The summed E-state index contributed by atoms with van der Waals surface area (Å²) in [4.78, 5) is 13.4. The van der Waals surface area contributed by atoms with Gasteiger partial charge in [-0.05, 0) is 56.5 Å². The molecule has 2 heterocycles. The summed E-state index contributed by atoms with van der Waals surface area (Å²) in [5.74, 6) is 1.31. The first-order valence-electron chi connectivity index (χ1n) is 9.06. The van der Waals surface area contributed by atoms with Crippen LogP contribution in [0.3, 0.4) is 0 Å². The lowest BCUT2D eigenvalue weighted by atomic mass is 10.1. The molecule has 0 fully saturated rings. The molecule has 27 heavy (non-hydrogen) atoms. The molecule has 2 aromatic heterocycles. The van der Waals surface area contributed by atoms with Crippen molar-refractivity contribution in [2.45, 2.75) is 40.2 Å². The number of anilines is 3. The van der Waals surface area contributed by atoms with Crippen LogP contribution in [-0.2, 0) is 0 Å². The zero-order valence-electron chi connectivity index (χ0n) is 16.0. The van der Waals surface area contributed by atoms with Gasteiger partial charge < -0.3 is 10.6 Å². The van der Waals surface area contributed by atoms with Crippen LogP contribution in [0.1, 0.15) is 31.4 Å². The van der Waals surface area contributed by atoms with Crippen molar-refractivity contribution in [1.82, 2.24) is 15.0 Å². The highest BCUT2D eigenvalue weighted by atomic mass is 35.5. The molecule has 1 aromatic carbocycles. The maximum absolute atomic E-state index is 6.31. The van der Waals surface area contributed by atoms with Crippen molar-refractivity contribution >= 4 is 29.1 Å². The van der Waals surface area contributed by atoms with Gasteiger partial charge in [0.25, 0.3) is 0 Å². The molecule has 3 rings (SSSR count). The van der Waals surface area contributed by atoms with Crippen LogP contribution in [0, 0.1) is 13.8 Å². The van der Waals surface area contributed by atoms with Crippen molar-refractivity contribution in [1.29, 1.82) is 0 Å². The first-order chi connectivity index (χ1) is 13.0. The molecule has 0 amide bonds. The van der Waals surface area contributed by atoms with Gasteiger partial charge in [-0.15, -0.1) is 0 Å². The van der Waals surface area contributed by atoms with Gasteiger partial charge in [-0.3, -0.25) is 4.98 Å². The summed E-state index contributed by atoms with van der Waals surface area (Å²) in [7, 11) is 0. The molecule has 0 unspecified atom stereocenters. The number of nitrogens with one attached hydrogen (secondary N) is 2. The van der Waals surface area contributed by atoms with E-state index in [0.29, 0.717) is 5.95 Å². The van der Waals surface area contributed by atoms with Crippen molar-refractivity contribution < 1.29 is 0 Å². The van der Waals surface area contributed by atoms with Gasteiger partial charge in [0.1, 0.15) is 5.82 Å². The van der Waals surface area contributed by atoms with Gasteiger partial charge in [0.2, 0.25) is 5.95 Å². The molecule has 6 heteroatoms. The largest absolute Gasteiger partial charge is 0.352 e. The van der Waals surface area contributed by atoms with E-state index < -0.39 is 0 Å². The Balaban J connectivity index is 2.04. The third kappa shape index (κ3) is 4.55. The van der Waals surface area contributed by atoms with Crippen LogP contribution in [0.25, 0.3) is 11.3 Å². The van der Waals surface area contributed by atoms with Gasteiger partial charge in [0.05, 0.1) is 5.69 Å². The van der Waals surface area contributed by atoms with E-state index in [1.165, 1.54) is 0 Å². The van der Waals surface area contributed by atoms with Crippen molar-refractivity contribution in [3.05, 3.63) is 58.9 Å². The summed E-state index contributed by atoms with van der Waals surface area (Å²) >= 11 is 6.31. The van der Waals surface area contributed by atoms with Gasteiger partial charge in [-0.1, -0.05) is 24.6 Å². The summed E-state index contributed by atoms with van der Waals surface area (Å²) in [6, 6.07) is 10.0. The molecule has 0 aliphatic rings. The Hall–Kier alpha value is -2.66. The molecule has 0 spiro atoms. The third-order valence-corrected chi connectivity index (χ3v) is 4.96. The second kappa shape index (κ2) is 8.35. The fourth-order valence-electron chi connectivity index (χ4n) is 2.71. The van der Waals surface area contributed by atoms with Crippen LogP contribution in [0.4, 0.5) is 17.5 Å². The molecule has 0 saturated carbocycles. The maximum atomic E-state index is 6.31. The Morgan fingerprint density at radius 1 is 1.07 bits per heavy atom. The van der Waals surface area contributed by atoms with E-state index in [-0.39, 0.29) is 6.04 Å². The first-order valence-corrected chi connectivity index (χ1v) is 9.44. The Morgan fingerprint density at radius 2 is 1.81 bits per heavy atom. The number of rotatable bonds is 6. The molecule has 5 nitrogen and oxygen atoms in total. The highest BCUT2D eigenvalue weighted by Crippen LogP contribution is 2.30. The Kier molecular flexibility index (Phi) is 5.91. The predicted octanol–water partition coefficient (Wildman–Crippen LogP) is 5.76. The lowest BCUT2D eigenvalue weighted by molar-refractivity contribution is 0.753. The quantitative estimate of drug-likeness (QED) is 0.568. The topological polar surface area (TPSA) is 62.7 Å². The molecular formula is C21H24ClN5. The number of nitrogens with zero attached hydrogens (tertiary/aromatic N) is 3. The van der Waals surface area contributed by atoms with Crippen molar-refractivity contribution in [3.63, 3.8) is 0 Å². The van der Waals surface area contributed by atoms with Crippen molar-refractivity contribution in [3.8, 4) is 11.3 Å². The van der Waals surface area contributed by atoms with Crippen LogP contribution < -0.4 is 10.6 Å².